The molecule has 0 saturated carbocycles. The fraction of sp³-hybridized carbons (Fsp3) is 0.769. The van der Waals surface area contributed by atoms with Crippen LogP contribution >= 0.6 is 0 Å². The van der Waals surface area contributed by atoms with Gasteiger partial charge in [-0.15, -0.1) is 0 Å². The number of amides is 1. The second kappa shape index (κ2) is 7.05. The Bertz CT molecular complexity index is 443. The molecule has 1 aliphatic heterocycles. The maximum absolute atomic E-state index is 12.2. The number of nitrogens with zero attached hydrogens (tertiary/aromatic N) is 1. The van der Waals surface area contributed by atoms with Gasteiger partial charge < -0.3 is 4.90 Å². The van der Waals surface area contributed by atoms with Gasteiger partial charge in [0, 0.05) is 25.2 Å². The predicted molar refractivity (Wildman–Crippen MR) is 76.2 cm³/mol. The van der Waals surface area contributed by atoms with Crippen molar-refractivity contribution in [3.05, 3.63) is 11.6 Å². The van der Waals surface area contributed by atoms with Gasteiger partial charge in [-0.2, -0.15) is 0 Å². The monoisotopic (exact) mass is 288 g/mol. The van der Waals surface area contributed by atoms with Gasteiger partial charge >= 0.3 is 0 Å². The summed E-state index contributed by atoms with van der Waals surface area (Å²) in [4.78, 5) is 14.0. The minimum Gasteiger partial charge on any atom is -0.339 e. The summed E-state index contributed by atoms with van der Waals surface area (Å²) in [5.74, 6) is 0.285. The molecule has 0 aromatic carbocycles. The highest BCUT2D eigenvalue weighted by Crippen LogP contribution is 2.18. The van der Waals surface area contributed by atoms with Crippen molar-refractivity contribution in [1.82, 2.24) is 9.62 Å². The van der Waals surface area contributed by atoms with E-state index in [0.29, 0.717) is 13.1 Å². The first kappa shape index (κ1) is 16.2. The second-order valence-electron chi connectivity index (χ2n) is 5.18. The van der Waals surface area contributed by atoms with Gasteiger partial charge in [0.1, 0.15) is 0 Å². The largest absolute Gasteiger partial charge is 0.339 e. The molecular weight excluding hydrogens is 264 g/mol. The van der Waals surface area contributed by atoms with Gasteiger partial charge in [-0.25, -0.2) is 13.1 Å². The summed E-state index contributed by atoms with van der Waals surface area (Å²) < 4.78 is 24.7. The number of nitrogens with one attached hydrogen (secondary N) is 1. The summed E-state index contributed by atoms with van der Waals surface area (Å²) in [5.41, 5.74) is 0.777. The maximum atomic E-state index is 12.2. The topological polar surface area (TPSA) is 66.5 Å². The standard InChI is InChI=1S/C13H24N2O3S/c1-4-6-11(2)13(16)15-8-5-7-12(10-15)9-14-19(3,17)18/h6,12,14H,4-5,7-10H2,1-3H3/b11-6-/t12-/m1/s1. The van der Waals surface area contributed by atoms with Crippen molar-refractivity contribution in [3.63, 3.8) is 0 Å². The van der Waals surface area contributed by atoms with Crippen LogP contribution in [0.1, 0.15) is 33.1 Å². The molecule has 19 heavy (non-hydrogen) atoms. The summed E-state index contributed by atoms with van der Waals surface area (Å²) in [6.07, 6.45) is 5.84. The Morgan fingerprint density at radius 2 is 2.16 bits per heavy atom. The highest BCUT2D eigenvalue weighted by atomic mass is 32.2. The molecule has 1 aliphatic rings. The third kappa shape index (κ3) is 5.74. The average Bonchev–Trinajstić information content (AvgIpc) is 2.35. The van der Waals surface area contributed by atoms with Crippen molar-refractivity contribution >= 4 is 15.9 Å². The zero-order chi connectivity index (χ0) is 14.5. The van der Waals surface area contributed by atoms with Crippen LogP contribution in [0.2, 0.25) is 0 Å². The molecule has 1 heterocycles. The van der Waals surface area contributed by atoms with E-state index in [9.17, 15) is 13.2 Å². The molecule has 0 aliphatic carbocycles. The smallest absolute Gasteiger partial charge is 0.249 e. The van der Waals surface area contributed by atoms with Gasteiger partial charge in [0.15, 0.2) is 0 Å². The molecule has 1 amide bonds. The highest BCUT2D eigenvalue weighted by Gasteiger charge is 2.24. The van der Waals surface area contributed by atoms with Crippen LogP contribution in [0.3, 0.4) is 0 Å². The molecule has 1 saturated heterocycles. The van der Waals surface area contributed by atoms with Crippen molar-refractivity contribution in [2.24, 2.45) is 5.92 Å². The number of allylic oxidation sites excluding steroid dienone is 1. The van der Waals surface area contributed by atoms with Crippen LogP contribution in [-0.4, -0.2) is 45.1 Å². The Kier molecular flexibility index (Phi) is 6.00. The molecule has 1 N–H and O–H groups in total. The van der Waals surface area contributed by atoms with E-state index in [-0.39, 0.29) is 11.8 Å². The normalized spacial score (nSPS) is 21.5. The fourth-order valence-electron chi connectivity index (χ4n) is 2.33. The minimum atomic E-state index is -3.15. The molecule has 0 bridgehead atoms. The quantitative estimate of drug-likeness (QED) is 0.771. The van der Waals surface area contributed by atoms with E-state index in [0.717, 1.165) is 37.6 Å². The molecule has 110 valence electrons. The van der Waals surface area contributed by atoms with Crippen LogP contribution in [-0.2, 0) is 14.8 Å². The Labute approximate surface area is 116 Å². The summed E-state index contributed by atoms with van der Waals surface area (Å²) in [7, 11) is -3.15. The van der Waals surface area contributed by atoms with Gasteiger partial charge in [-0.3, -0.25) is 4.79 Å². The van der Waals surface area contributed by atoms with Crippen molar-refractivity contribution in [2.45, 2.75) is 33.1 Å². The van der Waals surface area contributed by atoms with E-state index in [4.69, 9.17) is 0 Å². The highest BCUT2D eigenvalue weighted by molar-refractivity contribution is 7.88. The third-order valence-electron chi connectivity index (χ3n) is 3.29. The summed E-state index contributed by atoms with van der Waals surface area (Å²) in [5, 5.41) is 0. The van der Waals surface area contributed by atoms with E-state index >= 15 is 0 Å². The molecule has 0 radical (unpaired) electrons. The van der Waals surface area contributed by atoms with Crippen LogP contribution in [0.25, 0.3) is 0 Å². The van der Waals surface area contributed by atoms with Crippen LogP contribution in [0.15, 0.2) is 11.6 Å². The average molecular weight is 288 g/mol. The lowest BCUT2D eigenvalue weighted by atomic mass is 9.97. The first-order valence-corrected chi connectivity index (χ1v) is 8.63. The van der Waals surface area contributed by atoms with Crippen molar-refractivity contribution < 1.29 is 13.2 Å². The van der Waals surface area contributed by atoms with E-state index in [1.807, 2.05) is 24.8 Å². The summed E-state index contributed by atoms with van der Waals surface area (Å²) in [6, 6.07) is 0. The Hall–Kier alpha value is -0.880. The lowest BCUT2D eigenvalue weighted by Crippen LogP contribution is -2.43. The number of hydrogen-bond acceptors (Lipinski definition) is 3. The van der Waals surface area contributed by atoms with E-state index in [1.54, 1.807) is 0 Å². The molecule has 1 rings (SSSR count). The zero-order valence-electron chi connectivity index (χ0n) is 12.0. The number of piperidine rings is 1. The summed E-state index contributed by atoms with van der Waals surface area (Å²) in [6.45, 7) is 5.66. The number of carbonyl (C=O) groups is 1. The molecule has 6 heteroatoms. The molecule has 0 unspecified atom stereocenters. The van der Waals surface area contributed by atoms with Crippen molar-refractivity contribution in [3.8, 4) is 0 Å². The first-order valence-electron chi connectivity index (χ1n) is 6.74. The molecule has 0 aromatic rings. The number of likely N-dealkylation sites (tertiary alicyclic amines) is 1. The molecule has 0 spiro atoms. The number of sulfonamides is 1. The lowest BCUT2D eigenvalue weighted by Gasteiger charge is -2.33. The van der Waals surface area contributed by atoms with Crippen molar-refractivity contribution in [1.29, 1.82) is 0 Å². The predicted octanol–water partition coefficient (Wildman–Crippen LogP) is 1.13. The molecule has 1 atom stereocenters. The molecule has 5 nitrogen and oxygen atoms in total. The SMILES string of the molecule is CC/C=C(/C)C(=O)N1CCC[C@H](CNS(C)(=O)=O)C1. The molecular formula is C13H24N2O3S. The van der Waals surface area contributed by atoms with E-state index < -0.39 is 10.0 Å². The van der Waals surface area contributed by atoms with Crippen LogP contribution in [0.5, 0.6) is 0 Å². The summed E-state index contributed by atoms with van der Waals surface area (Å²) >= 11 is 0. The van der Waals surface area contributed by atoms with Crippen LogP contribution < -0.4 is 4.72 Å². The van der Waals surface area contributed by atoms with Gasteiger partial charge in [-0.1, -0.05) is 13.0 Å². The van der Waals surface area contributed by atoms with E-state index in [2.05, 4.69) is 4.72 Å². The van der Waals surface area contributed by atoms with Gasteiger partial charge in [0.05, 0.1) is 6.26 Å². The molecule has 1 fully saturated rings. The molecule has 0 aromatic heterocycles. The third-order valence-corrected chi connectivity index (χ3v) is 3.98. The van der Waals surface area contributed by atoms with Crippen LogP contribution in [0, 0.1) is 5.92 Å². The van der Waals surface area contributed by atoms with E-state index in [1.165, 1.54) is 0 Å². The first-order chi connectivity index (χ1) is 8.83. The number of rotatable bonds is 5. The Morgan fingerprint density at radius 1 is 1.47 bits per heavy atom. The fourth-order valence-corrected chi connectivity index (χ4v) is 2.87. The second-order valence-corrected chi connectivity index (χ2v) is 7.01. The minimum absolute atomic E-state index is 0.0749. The van der Waals surface area contributed by atoms with Crippen LogP contribution in [0.4, 0.5) is 0 Å². The number of carbonyl (C=O) groups excluding carboxylic acids is 1. The van der Waals surface area contributed by atoms with Gasteiger partial charge in [0.2, 0.25) is 15.9 Å². The Balaban J connectivity index is 2.55. The number of hydrogen-bond donors (Lipinski definition) is 1. The van der Waals surface area contributed by atoms with Crippen molar-refractivity contribution in [2.75, 3.05) is 25.9 Å². The Morgan fingerprint density at radius 3 is 2.74 bits per heavy atom. The maximum Gasteiger partial charge on any atom is 0.249 e. The van der Waals surface area contributed by atoms with Gasteiger partial charge in [-0.05, 0) is 32.1 Å². The van der Waals surface area contributed by atoms with Gasteiger partial charge in [0.25, 0.3) is 0 Å². The lowest BCUT2D eigenvalue weighted by molar-refractivity contribution is -0.128. The zero-order valence-corrected chi connectivity index (χ0v) is 12.8.